The van der Waals surface area contributed by atoms with Gasteiger partial charge in [0.1, 0.15) is 5.54 Å². The van der Waals surface area contributed by atoms with E-state index in [1.807, 2.05) is 0 Å². The van der Waals surface area contributed by atoms with Gasteiger partial charge in [-0.25, -0.2) is 4.79 Å². The van der Waals surface area contributed by atoms with Gasteiger partial charge in [-0.1, -0.05) is 0 Å². The summed E-state index contributed by atoms with van der Waals surface area (Å²) in [6.45, 7) is 2.12. The van der Waals surface area contributed by atoms with Gasteiger partial charge in [-0.15, -0.1) is 0 Å². The van der Waals surface area contributed by atoms with Crippen LogP contribution in [-0.2, 0) is 9.53 Å². The Balaban J connectivity index is 2.58. The summed E-state index contributed by atoms with van der Waals surface area (Å²) in [5.41, 5.74) is -0.799. The molecule has 1 heterocycles. The summed E-state index contributed by atoms with van der Waals surface area (Å²) < 4.78 is 4.82. The predicted molar refractivity (Wildman–Crippen MR) is 41.6 cm³/mol. The molecule has 1 rings (SSSR count). The molecule has 0 aromatic carbocycles. The van der Waals surface area contributed by atoms with Crippen LogP contribution in [0.15, 0.2) is 0 Å². The Labute approximate surface area is 70.5 Å². The third-order valence-corrected chi connectivity index (χ3v) is 1.92. The van der Waals surface area contributed by atoms with Crippen LogP contribution < -0.4 is 10.6 Å². The first-order chi connectivity index (χ1) is 5.58. The molecule has 0 aromatic rings. The minimum atomic E-state index is -0.799. The molecule has 68 valence electrons. The fraction of sp³-hybridized carbons (Fsp3) is 0.714. The summed E-state index contributed by atoms with van der Waals surface area (Å²) in [7, 11) is 1.55. The monoisotopic (exact) mass is 172 g/mol. The molecule has 2 N–H and O–H groups in total. The van der Waals surface area contributed by atoms with Crippen molar-refractivity contribution in [3.63, 3.8) is 0 Å². The van der Waals surface area contributed by atoms with Crippen LogP contribution in [0.5, 0.6) is 0 Å². The molecule has 1 aliphatic rings. The van der Waals surface area contributed by atoms with Crippen molar-refractivity contribution in [1.82, 2.24) is 10.6 Å². The van der Waals surface area contributed by atoms with Gasteiger partial charge in [0.25, 0.3) is 5.91 Å². The van der Waals surface area contributed by atoms with E-state index >= 15 is 0 Å². The molecule has 1 fully saturated rings. The molecule has 0 bridgehead atoms. The molecule has 5 nitrogen and oxygen atoms in total. The molecule has 0 spiro atoms. The second kappa shape index (κ2) is 3.10. The Hall–Kier alpha value is -1.10. The van der Waals surface area contributed by atoms with E-state index in [1.165, 1.54) is 0 Å². The van der Waals surface area contributed by atoms with E-state index in [1.54, 1.807) is 14.0 Å². The van der Waals surface area contributed by atoms with Crippen LogP contribution in [0.3, 0.4) is 0 Å². The fourth-order valence-electron chi connectivity index (χ4n) is 1.06. The number of carbonyl (C=O) groups excluding carboxylic acids is 2. The van der Waals surface area contributed by atoms with Gasteiger partial charge in [0.2, 0.25) is 0 Å². The SMILES string of the molecule is COCCC1(C)NC(=O)NC1=O. The Kier molecular flexibility index (Phi) is 2.32. The molecule has 0 aliphatic carbocycles. The molecular formula is C7H12N2O3. The maximum Gasteiger partial charge on any atom is 0.322 e. The van der Waals surface area contributed by atoms with Gasteiger partial charge in [0.05, 0.1) is 0 Å². The van der Waals surface area contributed by atoms with Gasteiger partial charge in [0.15, 0.2) is 0 Å². The van der Waals surface area contributed by atoms with E-state index < -0.39 is 11.6 Å². The van der Waals surface area contributed by atoms with E-state index in [2.05, 4.69) is 10.6 Å². The molecule has 1 saturated heterocycles. The highest BCUT2D eigenvalue weighted by atomic mass is 16.5. The average Bonchev–Trinajstić information content (AvgIpc) is 2.23. The summed E-state index contributed by atoms with van der Waals surface area (Å²) in [6.07, 6.45) is 0.487. The van der Waals surface area contributed by atoms with Crippen molar-refractivity contribution in [3.05, 3.63) is 0 Å². The molecule has 12 heavy (non-hydrogen) atoms. The average molecular weight is 172 g/mol. The highest BCUT2D eigenvalue weighted by Gasteiger charge is 2.41. The van der Waals surface area contributed by atoms with Gasteiger partial charge in [-0.05, 0) is 6.92 Å². The number of urea groups is 1. The van der Waals surface area contributed by atoms with Crippen LogP contribution in [0.2, 0.25) is 0 Å². The number of hydrogen-bond acceptors (Lipinski definition) is 3. The molecule has 1 atom stereocenters. The van der Waals surface area contributed by atoms with Crippen molar-refractivity contribution >= 4 is 11.9 Å². The van der Waals surface area contributed by atoms with E-state index in [0.29, 0.717) is 13.0 Å². The Morgan fingerprint density at radius 2 is 2.17 bits per heavy atom. The maximum absolute atomic E-state index is 11.2. The topological polar surface area (TPSA) is 67.4 Å². The Morgan fingerprint density at radius 3 is 2.58 bits per heavy atom. The second-order valence-electron chi connectivity index (χ2n) is 2.98. The summed E-state index contributed by atoms with van der Waals surface area (Å²) >= 11 is 0. The molecule has 1 aliphatic heterocycles. The number of ether oxygens (including phenoxy) is 1. The van der Waals surface area contributed by atoms with Crippen LogP contribution in [0, 0.1) is 0 Å². The number of carbonyl (C=O) groups is 2. The number of hydrogen-bond donors (Lipinski definition) is 2. The van der Waals surface area contributed by atoms with Crippen LogP contribution in [0.4, 0.5) is 4.79 Å². The van der Waals surface area contributed by atoms with Gasteiger partial charge in [-0.2, -0.15) is 0 Å². The summed E-state index contributed by atoms with van der Waals surface area (Å²) in [6, 6.07) is -0.432. The minimum Gasteiger partial charge on any atom is -0.385 e. The Bertz CT molecular complexity index is 217. The quantitative estimate of drug-likeness (QED) is 0.570. The highest BCUT2D eigenvalue weighted by Crippen LogP contribution is 2.13. The van der Waals surface area contributed by atoms with Crippen LogP contribution in [0.25, 0.3) is 0 Å². The van der Waals surface area contributed by atoms with Crippen molar-refractivity contribution in [3.8, 4) is 0 Å². The van der Waals surface area contributed by atoms with Crippen LogP contribution in [-0.4, -0.2) is 31.2 Å². The molecular weight excluding hydrogens is 160 g/mol. The van der Waals surface area contributed by atoms with E-state index in [9.17, 15) is 9.59 Å². The lowest BCUT2D eigenvalue weighted by Crippen LogP contribution is -2.44. The predicted octanol–water partition coefficient (Wildman–Crippen LogP) is -0.379. The second-order valence-corrected chi connectivity index (χ2v) is 2.98. The van der Waals surface area contributed by atoms with E-state index in [0.717, 1.165) is 0 Å². The third kappa shape index (κ3) is 1.55. The van der Waals surface area contributed by atoms with Crippen molar-refractivity contribution in [2.45, 2.75) is 18.9 Å². The lowest BCUT2D eigenvalue weighted by molar-refractivity contribution is -0.124. The largest absolute Gasteiger partial charge is 0.385 e. The lowest BCUT2D eigenvalue weighted by atomic mass is 9.99. The van der Waals surface area contributed by atoms with Crippen molar-refractivity contribution in [2.75, 3.05) is 13.7 Å². The summed E-state index contributed by atoms with van der Waals surface area (Å²) in [5.74, 6) is -0.287. The van der Waals surface area contributed by atoms with Crippen LogP contribution >= 0.6 is 0 Å². The van der Waals surface area contributed by atoms with Gasteiger partial charge >= 0.3 is 6.03 Å². The highest BCUT2D eigenvalue weighted by molar-refractivity contribution is 6.06. The van der Waals surface area contributed by atoms with Crippen LogP contribution in [0.1, 0.15) is 13.3 Å². The first-order valence-electron chi connectivity index (χ1n) is 3.71. The fourth-order valence-corrected chi connectivity index (χ4v) is 1.06. The normalized spacial score (nSPS) is 28.5. The Morgan fingerprint density at radius 1 is 1.50 bits per heavy atom. The maximum atomic E-state index is 11.2. The molecule has 3 amide bonds. The molecule has 0 radical (unpaired) electrons. The van der Waals surface area contributed by atoms with Crippen molar-refractivity contribution < 1.29 is 14.3 Å². The van der Waals surface area contributed by atoms with Gasteiger partial charge in [0, 0.05) is 20.1 Å². The zero-order valence-electron chi connectivity index (χ0n) is 7.14. The smallest absolute Gasteiger partial charge is 0.322 e. The number of amides is 3. The molecule has 5 heteroatoms. The van der Waals surface area contributed by atoms with Crippen molar-refractivity contribution in [1.29, 1.82) is 0 Å². The first-order valence-corrected chi connectivity index (χ1v) is 3.71. The lowest BCUT2D eigenvalue weighted by Gasteiger charge is -2.19. The zero-order valence-corrected chi connectivity index (χ0v) is 7.14. The van der Waals surface area contributed by atoms with Crippen molar-refractivity contribution in [2.24, 2.45) is 0 Å². The number of methoxy groups -OCH3 is 1. The molecule has 0 aromatic heterocycles. The third-order valence-electron chi connectivity index (χ3n) is 1.92. The standard InChI is InChI=1S/C7H12N2O3/c1-7(3-4-12-2)5(10)8-6(11)9-7/h3-4H2,1-2H3,(H2,8,9,10,11). The minimum absolute atomic E-state index is 0.287. The van der Waals surface area contributed by atoms with E-state index in [4.69, 9.17) is 4.74 Å². The summed E-state index contributed by atoms with van der Waals surface area (Å²) in [4.78, 5) is 21.9. The van der Waals surface area contributed by atoms with E-state index in [-0.39, 0.29) is 5.91 Å². The van der Waals surface area contributed by atoms with Gasteiger partial charge < -0.3 is 10.1 Å². The zero-order chi connectivity index (χ0) is 9.19. The molecule has 0 saturated carbocycles. The number of rotatable bonds is 3. The number of imide groups is 1. The summed E-state index contributed by atoms with van der Waals surface area (Å²) in [5, 5.41) is 4.71. The molecule has 1 unspecified atom stereocenters. The number of nitrogens with one attached hydrogen (secondary N) is 2. The first kappa shape index (κ1) is 8.99. The van der Waals surface area contributed by atoms with Gasteiger partial charge in [-0.3, -0.25) is 10.1 Å².